The minimum absolute atomic E-state index is 0.0539. The Bertz CT molecular complexity index is 1020. The van der Waals surface area contributed by atoms with Gasteiger partial charge in [0.1, 0.15) is 0 Å². The Morgan fingerprint density at radius 1 is 1.14 bits per heavy atom. The number of amides is 1. The Balaban J connectivity index is 1.80. The van der Waals surface area contributed by atoms with Crippen LogP contribution in [-0.2, 0) is 14.8 Å². The SMILES string of the molecule is CC(=O)c1ccc(S(=O)(=O)N(C)CC(=O)N2CC[C@@H](C)Sc3ccccc32)cc1. The Labute approximate surface area is 175 Å². The van der Waals surface area contributed by atoms with Crippen molar-refractivity contribution in [2.75, 3.05) is 25.0 Å². The standard InChI is InChI=1S/C21H24N2O4S2/c1-15-12-13-23(19-6-4-5-7-20(19)28-15)21(25)14-22(3)29(26,27)18-10-8-17(9-11-18)16(2)24/h4-11,15H,12-14H2,1-3H3/t15-/m1/s1. The van der Waals surface area contributed by atoms with Gasteiger partial charge in [-0.3, -0.25) is 9.59 Å². The number of anilines is 1. The van der Waals surface area contributed by atoms with Crippen molar-refractivity contribution in [3.63, 3.8) is 0 Å². The molecule has 1 atom stereocenters. The molecule has 1 aliphatic heterocycles. The van der Waals surface area contributed by atoms with Crippen LogP contribution in [0.5, 0.6) is 0 Å². The molecule has 1 heterocycles. The van der Waals surface area contributed by atoms with E-state index in [1.165, 1.54) is 38.2 Å². The number of Topliss-reactive ketones (excluding diaryl/α,β-unsaturated/α-hetero) is 1. The summed E-state index contributed by atoms with van der Waals surface area (Å²) < 4.78 is 26.8. The van der Waals surface area contributed by atoms with Crippen molar-refractivity contribution in [2.45, 2.75) is 35.3 Å². The summed E-state index contributed by atoms with van der Waals surface area (Å²) in [4.78, 5) is 27.2. The van der Waals surface area contributed by atoms with Crippen molar-refractivity contribution in [1.82, 2.24) is 4.31 Å². The molecule has 154 valence electrons. The van der Waals surface area contributed by atoms with Crippen LogP contribution in [0.15, 0.2) is 58.3 Å². The summed E-state index contributed by atoms with van der Waals surface area (Å²) in [5, 5.41) is 0.371. The van der Waals surface area contributed by atoms with Crippen LogP contribution < -0.4 is 4.90 Å². The Morgan fingerprint density at radius 2 is 1.79 bits per heavy atom. The van der Waals surface area contributed by atoms with E-state index < -0.39 is 10.0 Å². The summed E-state index contributed by atoms with van der Waals surface area (Å²) in [7, 11) is -2.45. The van der Waals surface area contributed by atoms with Crippen molar-refractivity contribution in [3.8, 4) is 0 Å². The maximum Gasteiger partial charge on any atom is 0.243 e. The maximum absolute atomic E-state index is 13.0. The minimum Gasteiger partial charge on any atom is -0.310 e. The molecule has 0 bridgehead atoms. The minimum atomic E-state index is -3.84. The Morgan fingerprint density at radius 3 is 2.45 bits per heavy atom. The fourth-order valence-electron chi connectivity index (χ4n) is 3.15. The largest absolute Gasteiger partial charge is 0.310 e. The molecule has 0 saturated heterocycles. The van der Waals surface area contributed by atoms with E-state index in [0.717, 1.165) is 21.3 Å². The highest BCUT2D eigenvalue weighted by molar-refractivity contribution is 8.00. The fraction of sp³-hybridized carbons (Fsp3) is 0.333. The number of ketones is 1. The highest BCUT2D eigenvalue weighted by Gasteiger charge is 2.28. The fourth-order valence-corrected chi connectivity index (χ4v) is 5.38. The summed E-state index contributed by atoms with van der Waals surface area (Å²) in [6, 6.07) is 13.5. The predicted octanol–water partition coefficient (Wildman–Crippen LogP) is 3.43. The number of para-hydroxylation sites is 1. The first-order valence-corrected chi connectivity index (χ1v) is 11.7. The number of thioether (sulfide) groups is 1. The van der Waals surface area contributed by atoms with E-state index in [4.69, 9.17) is 0 Å². The zero-order valence-corrected chi connectivity index (χ0v) is 18.3. The van der Waals surface area contributed by atoms with Gasteiger partial charge in [-0.05, 0) is 37.6 Å². The summed E-state index contributed by atoms with van der Waals surface area (Å²) in [6.07, 6.45) is 0.827. The number of carbonyl (C=O) groups is 2. The molecule has 0 radical (unpaired) electrons. The number of benzene rings is 2. The predicted molar refractivity (Wildman–Crippen MR) is 115 cm³/mol. The second-order valence-corrected chi connectivity index (χ2v) is 10.6. The molecule has 0 aromatic heterocycles. The molecule has 0 aliphatic carbocycles. The molecule has 8 heteroatoms. The average molecular weight is 433 g/mol. The van der Waals surface area contributed by atoms with E-state index in [1.54, 1.807) is 16.7 Å². The van der Waals surface area contributed by atoms with Crippen LogP contribution >= 0.6 is 11.8 Å². The van der Waals surface area contributed by atoms with Crippen molar-refractivity contribution < 1.29 is 18.0 Å². The maximum atomic E-state index is 13.0. The number of fused-ring (bicyclic) bond motifs is 1. The van der Waals surface area contributed by atoms with Crippen molar-refractivity contribution in [1.29, 1.82) is 0 Å². The first kappa shape index (κ1) is 21.5. The second kappa shape index (κ2) is 8.69. The molecule has 1 aliphatic rings. The molecule has 0 unspecified atom stereocenters. The summed E-state index contributed by atoms with van der Waals surface area (Å²) in [6.45, 7) is 3.83. The lowest BCUT2D eigenvalue weighted by Crippen LogP contribution is -2.41. The Kier molecular flexibility index (Phi) is 6.45. The van der Waals surface area contributed by atoms with Crippen LogP contribution in [0.1, 0.15) is 30.6 Å². The molecule has 2 aromatic rings. The van der Waals surface area contributed by atoms with Crippen LogP contribution in [-0.4, -0.2) is 49.8 Å². The number of hydrogen-bond donors (Lipinski definition) is 0. The number of nitrogens with zero attached hydrogens (tertiary/aromatic N) is 2. The van der Waals surface area contributed by atoms with Gasteiger partial charge in [-0.15, -0.1) is 11.8 Å². The number of rotatable bonds is 5. The van der Waals surface area contributed by atoms with E-state index in [2.05, 4.69) is 6.92 Å². The molecule has 0 spiro atoms. The van der Waals surface area contributed by atoms with E-state index in [0.29, 0.717) is 17.4 Å². The molecule has 6 nitrogen and oxygen atoms in total. The zero-order valence-electron chi connectivity index (χ0n) is 16.7. The van der Waals surface area contributed by atoms with Gasteiger partial charge >= 0.3 is 0 Å². The third-order valence-electron chi connectivity index (χ3n) is 4.87. The van der Waals surface area contributed by atoms with Crippen LogP contribution in [0.2, 0.25) is 0 Å². The van der Waals surface area contributed by atoms with Crippen molar-refractivity contribution >= 4 is 39.2 Å². The monoisotopic (exact) mass is 432 g/mol. The van der Waals surface area contributed by atoms with Crippen LogP contribution in [0.3, 0.4) is 0 Å². The van der Waals surface area contributed by atoms with Gasteiger partial charge in [0.05, 0.1) is 17.1 Å². The third-order valence-corrected chi connectivity index (χ3v) is 7.93. The molecule has 0 N–H and O–H groups in total. The topological polar surface area (TPSA) is 74.8 Å². The average Bonchev–Trinajstić information content (AvgIpc) is 2.86. The highest BCUT2D eigenvalue weighted by atomic mass is 32.2. The van der Waals surface area contributed by atoms with Gasteiger partial charge in [-0.25, -0.2) is 8.42 Å². The zero-order chi connectivity index (χ0) is 21.2. The number of hydrogen-bond acceptors (Lipinski definition) is 5. The molecule has 2 aromatic carbocycles. The molecular weight excluding hydrogens is 408 g/mol. The lowest BCUT2D eigenvalue weighted by molar-refractivity contribution is -0.118. The number of sulfonamides is 1. The van der Waals surface area contributed by atoms with E-state index in [9.17, 15) is 18.0 Å². The molecule has 1 amide bonds. The van der Waals surface area contributed by atoms with E-state index in [-0.39, 0.29) is 23.1 Å². The van der Waals surface area contributed by atoms with E-state index in [1.807, 2.05) is 24.3 Å². The molecule has 0 saturated carbocycles. The van der Waals surface area contributed by atoms with Gasteiger partial charge in [0.15, 0.2) is 5.78 Å². The van der Waals surface area contributed by atoms with Gasteiger partial charge in [-0.2, -0.15) is 4.31 Å². The first-order chi connectivity index (χ1) is 13.7. The van der Waals surface area contributed by atoms with Gasteiger partial charge in [-0.1, -0.05) is 31.2 Å². The Hall–Kier alpha value is -2.16. The smallest absolute Gasteiger partial charge is 0.243 e. The highest BCUT2D eigenvalue weighted by Crippen LogP contribution is 2.37. The quantitative estimate of drug-likeness (QED) is 0.677. The molecule has 29 heavy (non-hydrogen) atoms. The molecular formula is C21H24N2O4S2. The van der Waals surface area contributed by atoms with Crippen molar-refractivity contribution in [3.05, 3.63) is 54.1 Å². The van der Waals surface area contributed by atoms with Crippen molar-refractivity contribution in [2.24, 2.45) is 0 Å². The van der Waals surface area contributed by atoms with E-state index >= 15 is 0 Å². The van der Waals surface area contributed by atoms with Crippen LogP contribution in [0, 0.1) is 0 Å². The number of carbonyl (C=O) groups excluding carboxylic acids is 2. The van der Waals surface area contributed by atoms with Gasteiger partial charge in [0.25, 0.3) is 0 Å². The molecule has 3 rings (SSSR count). The first-order valence-electron chi connectivity index (χ1n) is 9.33. The number of likely N-dealkylation sites (N-methyl/N-ethyl adjacent to an activating group) is 1. The summed E-state index contributed by atoms with van der Waals surface area (Å²) >= 11 is 1.73. The van der Waals surface area contributed by atoms with Gasteiger partial charge in [0.2, 0.25) is 15.9 Å². The second-order valence-electron chi connectivity index (χ2n) is 7.07. The third kappa shape index (κ3) is 4.71. The van der Waals surface area contributed by atoms with Crippen LogP contribution in [0.25, 0.3) is 0 Å². The summed E-state index contributed by atoms with van der Waals surface area (Å²) in [5.41, 5.74) is 1.26. The van der Waals surface area contributed by atoms with Gasteiger partial charge < -0.3 is 4.90 Å². The van der Waals surface area contributed by atoms with Crippen LogP contribution in [0.4, 0.5) is 5.69 Å². The summed E-state index contributed by atoms with van der Waals surface area (Å²) in [5.74, 6) is -0.400. The molecule has 0 fully saturated rings. The lowest BCUT2D eigenvalue weighted by Gasteiger charge is -2.25. The lowest BCUT2D eigenvalue weighted by atomic mass is 10.2. The van der Waals surface area contributed by atoms with Gasteiger partial charge in [0, 0.05) is 29.3 Å². The normalized spacial score (nSPS) is 17.0.